The summed E-state index contributed by atoms with van der Waals surface area (Å²) in [6, 6.07) is 7.03. The molecule has 0 bridgehead atoms. The Hall–Kier alpha value is -3.40. The molecule has 0 radical (unpaired) electrons. The summed E-state index contributed by atoms with van der Waals surface area (Å²) >= 11 is 0. The molecule has 2 atom stereocenters. The van der Waals surface area contributed by atoms with Gasteiger partial charge in [-0.15, -0.1) is 0 Å². The smallest absolute Gasteiger partial charge is 0.319 e. The van der Waals surface area contributed by atoms with Crippen LogP contribution in [0.25, 0.3) is 11.3 Å². The van der Waals surface area contributed by atoms with E-state index in [-0.39, 0.29) is 29.6 Å². The molecule has 3 heterocycles. The minimum absolute atomic E-state index is 0.0227. The molecule has 1 aromatic carbocycles. The van der Waals surface area contributed by atoms with Gasteiger partial charge in [-0.05, 0) is 39.8 Å². The second kappa shape index (κ2) is 10.9. The fourth-order valence-electron chi connectivity index (χ4n) is 4.78. The second-order valence-corrected chi connectivity index (χ2v) is 10.5. The van der Waals surface area contributed by atoms with Crippen molar-refractivity contribution >= 4 is 23.6 Å². The lowest BCUT2D eigenvalue weighted by Gasteiger charge is -2.37. The number of morpholine rings is 1. The fourth-order valence-corrected chi connectivity index (χ4v) is 4.78. The Kier molecular flexibility index (Phi) is 7.87. The van der Waals surface area contributed by atoms with Gasteiger partial charge in [-0.1, -0.05) is 26.0 Å². The number of nitrogens with zero attached hydrogens (tertiary/aromatic N) is 4. The van der Waals surface area contributed by atoms with Gasteiger partial charge >= 0.3 is 6.03 Å². The molecule has 0 saturated carbocycles. The van der Waals surface area contributed by atoms with E-state index in [0.29, 0.717) is 68.1 Å². The van der Waals surface area contributed by atoms with E-state index < -0.39 is 0 Å². The highest BCUT2D eigenvalue weighted by Gasteiger charge is 2.35. The van der Waals surface area contributed by atoms with Crippen LogP contribution in [0.4, 0.5) is 16.4 Å². The third kappa shape index (κ3) is 6.12. The van der Waals surface area contributed by atoms with E-state index in [1.165, 1.54) is 0 Å². The van der Waals surface area contributed by atoms with Gasteiger partial charge in [0, 0.05) is 49.4 Å². The maximum Gasteiger partial charge on any atom is 0.319 e. The second-order valence-electron chi connectivity index (χ2n) is 10.5. The summed E-state index contributed by atoms with van der Waals surface area (Å²) in [7, 11) is 0. The van der Waals surface area contributed by atoms with Crippen molar-refractivity contribution in [2.24, 2.45) is 5.41 Å². The summed E-state index contributed by atoms with van der Waals surface area (Å²) in [6.45, 7) is 15.4. The number of hydrogen-bond donors (Lipinski definition) is 2. The van der Waals surface area contributed by atoms with Crippen LogP contribution < -0.4 is 20.3 Å². The minimum Gasteiger partial charge on any atom is -0.476 e. The molecule has 1 aromatic heterocycles. The first kappa shape index (κ1) is 26.7. The van der Waals surface area contributed by atoms with Gasteiger partial charge in [-0.25, -0.2) is 9.78 Å². The van der Waals surface area contributed by atoms with Crippen LogP contribution >= 0.6 is 0 Å². The van der Waals surface area contributed by atoms with E-state index >= 15 is 0 Å². The molecule has 10 heteroatoms. The van der Waals surface area contributed by atoms with E-state index in [4.69, 9.17) is 19.4 Å². The van der Waals surface area contributed by atoms with Gasteiger partial charge in [0.2, 0.25) is 11.8 Å². The SMILES string of the molecule is CCNC(=O)Nc1ccc(-c2nc(N3CC(C)OC(C)C3)nc3c2C(=O)N(CC)CC(C)(C)CO3)cc1. The molecule has 0 aliphatic carbocycles. The Balaban J connectivity index is 1.81. The summed E-state index contributed by atoms with van der Waals surface area (Å²) in [5, 5.41) is 5.52. The topological polar surface area (TPSA) is 109 Å². The lowest BCUT2D eigenvalue weighted by molar-refractivity contribution is -0.00579. The first-order chi connectivity index (χ1) is 17.6. The molecule has 2 N–H and O–H groups in total. The molecule has 2 aromatic rings. The monoisotopic (exact) mass is 510 g/mol. The van der Waals surface area contributed by atoms with E-state index in [0.717, 1.165) is 5.56 Å². The van der Waals surface area contributed by atoms with Crippen molar-refractivity contribution in [2.45, 2.75) is 53.8 Å². The molecule has 2 aliphatic heterocycles. The van der Waals surface area contributed by atoms with Crippen molar-refractivity contribution in [3.63, 3.8) is 0 Å². The number of amides is 3. The van der Waals surface area contributed by atoms with Gasteiger partial charge in [-0.2, -0.15) is 4.98 Å². The highest BCUT2D eigenvalue weighted by Crippen LogP contribution is 2.36. The average Bonchev–Trinajstić information content (AvgIpc) is 2.84. The number of fused-ring (bicyclic) bond motifs is 1. The van der Waals surface area contributed by atoms with Gasteiger partial charge < -0.3 is 29.9 Å². The van der Waals surface area contributed by atoms with Crippen LogP contribution in [0, 0.1) is 5.41 Å². The first-order valence-electron chi connectivity index (χ1n) is 13.0. The molecule has 1 saturated heterocycles. The van der Waals surface area contributed by atoms with Gasteiger partial charge in [0.15, 0.2) is 0 Å². The van der Waals surface area contributed by atoms with Crippen molar-refractivity contribution in [3.8, 4) is 17.1 Å². The van der Waals surface area contributed by atoms with Crippen molar-refractivity contribution in [2.75, 3.05) is 49.5 Å². The first-order valence-corrected chi connectivity index (χ1v) is 13.0. The van der Waals surface area contributed by atoms with Crippen LogP contribution in [-0.4, -0.2) is 78.3 Å². The van der Waals surface area contributed by atoms with E-state index in [1.807, 2.05) is 44.7 Å². The highest BCUT2D eigenvalue weighted by molar-refractivity contribution is 6.02. The largest absolute Gasteiger partial charge is 0.476 e. The van der Waals surface area contributed by atoms with Crippen LogP contribution in [0.3, 0.4) is 0 Å². The van der Waals surface area contributed by atoms with Crippen LogP contribution in [0.5, 0.6) is 5.88 Å². The molecule has 3 amide bonds. The number of anilines is 2. The van der Waals surface area contributed by atoms with E-state index in [9.17, 15) is 9.59 Å². The Bertz CT molecular complexity index is 1130. The van der Waals surface area contributed by atoms with Crippen molar-refractivity contribution in [3.05, 3.63) is 29.8 Å². The third-order valence-electron chi connectivity index (χ3n) is 6.42. The third-order valence-corrected chi connectivity index (χ3v) is 6.42. The molecular formula is C27H38N6O4. The van der Waals surface area contributed by atoms with Gasteiger partial charge in [0.1, 0.15) is 5.56 Å². The molecule has 1 fully saturated rings. The predicted molar refractivity (Wildman–Crippen MR) is 143 cm³/mol. The number of carbonyl (C=O) groups excluding carboxylic acids is 2. The van der Waals surface area contributed by atoms with Crippen molar-refractivity contribution in [1.29, 1.82) is 0 Å². The maximum absolute atomic E-state index is 13.8. The molecular weight excluding hydrogens is 472 g/mol. The number of urea groups is 1. The molecule has 37 heavy (non-hydrogen) atoms. The number of aromatic nitrogens is 2. The maximum atomic E-state index is 13.8. The number of hydrogen-bond acceptors (Lipinski definition) is 7. The van der Waals surface area contributed by atoms with Crippen LogP contribution in [-0.2, 0) is 4.74 Å². The molecule has 2 aliphatic rings. The summed E-state index contributed by atoms with van der Waals surface area (Å²) < 4.78 is 12.1. The predicted octanol–water partition coefficient (Wildman–Crippen LogP) is 3.78. The Morgan fingerprint density at radius 3 is 2.41 bits per heavy atom. The number of ether oxygens (including phenoxy) is 2. The van der Waals surface area contributed by atoms with Crippen molar-refractivity contribution in [1.82, 2.24) is 20.2 Å². The Morgan fingerprint density at radius 2 is 1.78 bits per heavy atom. The Labute approximate surface area is 218 Å². The van der Waals surface area contributed by atoms with Crippen LogP contribution in [0.15, 0.2) is 24.3 Å². The van der Waals surface area contributed by atoms with E-state index in [1.54, 1.807) is 12.1 Å². The summed E-state index contributed by atoms with van der Waals surface area (Å²) in [5.74, 6) is 0.655. The van der Waals surface area contributed by atoms with Gasteiger partial charge in [0.25, 0.3) is 5.91 Å². The lowest BCUT2D eigenvalue weighted by Crippen LogP contribution is -2.47. The standard InChI is InChI=1S/C27H38N6O4/c1-7-28-26(35)29-20-11-9-19(10-12-20)22-21-23(36-16-27(5,6)15-32(8-2)24(21)34)31-25(30-22)33-13-17(3)37-18(4)14-33/h9-12,17-18H,7-8,13-16H2,1-6H3,(H2,28,29,35). The number of carbonyl (C=O) groups is 2. The van der Waals surface area contributed by atoms with Crippen LogP contribution in [0.1, 0.15) is 51.9 Å². The number of nitrogens with one attached hydrogen (secondary N) is 2. The quantitative estimate of drug-likeness (QED) is 0.630. The highest BCUT2D eigenvalue weighted by atomic mass is 16.5. The molecule has 2 unspecified atom stereocenters. The zero-order valence-electron chi connectivity index (χ0n) is 22.6. The number of benzene rings is 1. The zero-order valence-corrected chi connectivity index (χ0v) is 22.6. The van der Waals surface area contributed by atoms with E-state index in [2.05, 4.69) is 29.4 Å². The van der Waals surface area contributed by atoms with Gasteiger partial charge in [-0.3, -0.25) is 4.79 Å². The average molecular weight is 511 g/mol. The molecule has 10 nitrogen and oxygen atoms in total. The lowest BCUT2D eigenvalue weighted by atomic mass is 9.92. The summed E-state index contributed by atoms with van der Waals surface area (Å²) in [6.07, 6.45) is 0.0454. The molecule has 4 rings (SSSR count). The van der Waals surface area contributed by atoms with Gasteiger partial charge in [0.05, 0.1) is 24.5 Å². The fraction of sp³-hybridized carbons (Fsp3) is 0.556. The van der Waals surface area contributed by atoms with Crippen molar-refractivity contribution < 1.29 is 19.1 Å². The number of rotatable bonds is 5. The summed E-state index contributed by atoms with van der Waals surface area (Å²) in [4.78, 5) is 39.4. The normalized spacial score (nSPS) is 21.4. The van der Waals surface area contributed by atoms with Crippen LogP contribution in [0.2, 0.25) is 0 Å². The zero-order chi connectivity index (χ0) is 26.7. The molecule has 0 spiro atoms. The summed E-state index contributed by atoms with van der Waals surface area (Å²) in [5.41, 5.74) is 2.02. The Morgan fingerprint density at radius 1 is 1.11 bits per heavy atom. The minimum atomic E-state index is -0.273. The molecule has 200 valence electrons.